The van der Waals surface area contributed by atoms with E-state index < -0.39 is 16.1 Å². The lowest BCUT2D eigenvalue weighted by molar-refractivity contribution is -0.117. The van der Waals surface area contributed by atoms with Gasteiger partial charge in [0.25, 0.3) is 5.91 Å². The third-order valence-corrected chi connectivity index (χ3v) is 7.14. The predicted molar refractivity (Wildman–Crippen MR) is 122 cm³/mol. The van der Waals surface area contributed by atoms with E-state index in [1.807, 2.05) is 47.4 Å². The number of benzene rings is 3. The highest BCUT2D eigenvalue weighted by atomic mass is 35.5. The molecule has 0 fully saturated rings. The Kier molecular flexibility index (Phi) is 4.71. The van der Waals surface area contributed by atoms with E-state index in [4.69, 9.17) is 21.7 Å². The van der Waals surface area contributed by atoms with Crippen LogP contribution in [0, 0.1) is 0 Å². The molecule has 1 atom stereocenters. The molecule has 1 aromatic heterocycles. The lowest BCUT2D eigenvalue weighted by Gasteiger charge is -2.36. The van der Waals surface area contributed by atoms with Gasteiger partial charge < -0.3 is 5.32 Å². The van der Waals surface area contributed by atoms with Crippen LogP contribution in [0.3, 0.4) is 0 Å². The molecule has 156 valence electrons. The standard InChI is InChI=1S/C21H15ClN4O3S2/c22-13-6-8-15-18(10-13)30-21(25-15)26-17-9-7-14(31(23,28)29)11-16(17)24-20(27)19(26)12-4-2-1-3-5-12/h1-11,19H,(H,24,27)(H2,23,28,29). The normalized spacial score (nSPS) is 16.3. The number of fused-ring (bicyclic) bond motifs is 2. The molecule has 3 aromatic carbocycles. The minimum atomic E-state index is -3.92. The number of thiazole rings is 1. The van der Waals surface area contributed by atoms with Gasteiger partial charge in [0, 0.05) is 5.02 Å². The van der Waals surface area contributed by atoms with Crippen LogP contribution in [0.1, 0.15) is 11.6 Å². The minimum Gasteiger partial charge on any atom is -0.322 e. The first-order valence-corrected chi connectivity index (χ1v) is 11.9. The van der Waals surface area contributed by atoms with E-state index in [-0.39, 0.29) is 10.8 Å². The topological polar surface area (TPSA) is 105 Å². The molecule has 0 saturated carbocycles. The third kappa shape index (κ3) is 3.55. The molecule has 1 aliphatic heterocycles. The van der Waals surface area contributed by atoms with Gasteiger partial charge in [-0.25, -0.2) is 18.5 Å². The largest absolute Gasteiger partial charge is 0.322 e. The van der Waals surface area contributed by atoms with Crippen LogP contribution in [-0.2, 0) is 14.8 Å². The van der Waals surface area contributed by atoms with Gasteiger partial charge in [0.15, 0.2) is 5.13 Å². The van der Waals surface area contributed by atoms with Crippen LogP contribution in [-0.4, -0.2) is 19.3 Å². The number of aromatic nitrogens is 1. The highest BCUT2D eigenvalue weighted by Gasteiger charge is 2.37. The van der Waals surface area contributed by atoms with E-state index in [0.717, 1.165) is 15.8 Å². The van der Waals surface area contributed by atoms with Crippen LogP contribution in [0.25, 0.3) is 10.2 Å². The van der Waals surface area contributed by atoms with Crippen LogP contribution in [0.15, 0.2) is 71.6 Å². The molecule has 5 rings (SSSR count). The molecule has 7 nitrogen and oxygen atoms in total. The summed E-state index contributed by atoms with van der Waals surface area (Å²) in [5.74, 6) is -0.303. The van der Waals surface area contributed by atoms with Crippen LogP contribution < -0.4 is 15.4 Å². The monoisotopic (exact) mass is 470 g/mol. The average molecular weight is 471 g/mol. The molecule has 0 saturated heterocycles. The maximum absolute atomic E-state index is 13.2. The summed E-state index contributed by atoms with van der Waals surface area (Å²) in [6, 6.07) is 18.5. The summed E-state index contributed by atoms with van der Waals surface area (Å²) in [7, 11) is -3.92. The number of sulfonamides is 1. The Hall–Kier alpha value is -2.98. The fourth-order valence-corrected chi connectivity index (χ4v) is 5.42. The van der Waals surface area contributed by atoms with E-state index in [0.29, 0.717) is 21.5 Å². The third-order valence-electron chi connectivity index (χ3n) is 4.98. The van der Waals surface area contributed by atoms with Crippen molar-refractivity contribution in [3.8, 4) is 0 Å². The first-order chi connectivity index (χ1) is 14.8. The van der Waals surface area contributed by atoms with Crippen molar-refractivity contribution < 1.29 is 13.2 Å². The predicted octanol–water partition coefficient (Wildman–Crippen LogP) is 4.43. The number of carbonyl (C=O) groups excluding carboxylic acids is 1. The Labute approximate surface area is 187 Å². The molecule has 0 spiro atoms. The second-order valence-corrected chi connectivity index (χ2v) is 10.0. The highest BCUT2D eigenvalue weighted by Crippen LogP contribution is 2.46. The van der Waals surface area contributed by atoms with E-state index in [1.165, 1.54) is 23.5 Å². The minimum absolute atomic E-state index is 0.0826. The molecule has 1 unspecified atom stereocenters. The average Bonchev–Trinajstić information content (AvgIpc) is 3.15. The molecule has 4 aromatic rings. The lowest BCUT2D eigenvalue weighted by atomic mass is 10.0. The summed E-state index contributed by atoms with van der Waals surface area (Å²) in [5.41, 5.74) is 2.50. The number of amides is 1. The van der Waals surface area contributed by atoms with Crippen molar-refractivity contribution in [2.45, 2.75) is 10.9 Å². The number of halogens is 1. The number of hydrogen-bond acceptors (Lipinski definition) is 6. The molecule has 0 aliphatic carbocycles. The number of nitrogens with one attached hydrogen (secondary N) is 1. The molecule has 0 bridgehead atoms. The number of carbonyl (C=O) groups is 1. The zero-order chi connectivity index (χ0) is 21.8. The molecule has 0 radical (unpaired) electrons. The van der Waals surface area contributed by atoms with Crippen molar-refractivity contribution in [1.82, 2.24) is 4.98 Å². The summed E-state index contributed by atoms with van der Waals surface area (Å²) < 4.78 is 24.5. The maximum Gasteiger partial charge on any atom is 0.252 e. The summed E-state index contributed by atoms with van der Waals surface area (Å²) in [4.78, 5) is 19.6. The van der Waals surface area contributed by atoms with Gasteiger partial charge >= 0.3 is 0 Å². The van der Waals surface area contributed by atoms with Gasteiger partial charge in [-0.3, -0.25) is 9.69 Å². The van der Waals surface area contributed by atoms with E-state index in [2.05, 4.69) is 5.32 Å². The fourth-order valence-electron chi connectivity index (χ4n) is 3.60. The first-order valence-electron chi connectivity index (χ1n) is 9.19. The molecular weight excluding hydrogens is 456 g/mol. The highest BCUT2D eigenvalue weighted by molar-refractivity contribution is 7.89. The first kappa shape index (κ1) is 20.0. The lowest BCUT2D eigenvalue weighted by Crippen LogP contribution is -2.39. The number of anilines is 3. The number of nitrogens with two attached hydrogens (primary N) is 1. The Morgan fingerprint density at radius 2 is 1.84 bits per heavy atom. The van der Waals surface area contributed by atoms with Gasteiger partial charge in [0.05, 0.1) is 26.5 Å². The second kappa shape index (κ2) is 7.31. The second-order valence-electron chi connectivity index (χ2n) is 7.00. The van der Waals surface area contributed by atoms with Gasteiger partial charge in [0.2, 0.25) is 10.0 Å². The van der Waals surface area contributed by atoms with Crippen LogP contribution in [0.5, 0.6) is 0 Å². The van der Waals surface area contributed by atoms with Crippen molar-refractivity contribution in [2.75, 3.05) is 10.2 Å². The van der Waals surface area contributed by atoms with Crippen LogP contribution in [0.2, 0.25) is 5.02 Å². The molecule has 2 heterocycles. The maximum atomic E-state index is 13.2. The molecule has 10 heteroatoms. The molecule has 1 aliphatic rings. The number of nitrogens with zero attached hydrogens (tertiary/aromatic N) is 2. The summed E-state index contributed by atoms with van der Waals surface area (Å²) >= 11 is 7.53. The van der Waals surface area contributed by atoms with E-state index in [9.17, 15) is 13.2 Å². The Bertz CT molecular complexity index is 1440. The summed E-state index contributed by atoms with van der Waals surface area (Å²) in [5, 5.41) is 9.28. The van der Waals surface area contributed by atoms with Crippen molar-refractivity contribution in [3.63, 3.8) is 0 Å². The summed E-state index contributed by atoms with van der Waals surface area (Å²) in [6.07, 6.45) is 0. The van der Waals surface area contributed by atoms with E-state index in [1.54, 1.807) is 12.1 Å². The number of rotatable bonds is 3. The van der Waals surface area contributed by atoms with Gasteiger partial charge in [-0.05, 0) is 42.0 Å². The molecule has 3 N–H and O–H groups in total. The number of primary sulfonamides is 1. The van der Waals surface area contributed by atoms with Crippen molar-refractivity contribution in [3.05, 3.63) is 77.3 Å². The van der Waals surface area contributed by atoms with Gasteiger partial charge in [0.1, 0.15) is 6.04 Å². The quantitative estimate of drug-likeness (QED) is 0.460. The summed E-state index contributed by atoms with van der Waals surface area (Å²) in [6.45, 7) is 0. The van der Waals surface area contributed by atoms with Gasteiger partial charge in [-0.2, -0.15) is 0 Å². The smallest absolute Gasteiger partial charge is 0.252 e. The van der Waals surface area contributed by atoms with E-state index >= 15 is 0 Å². The zero-order valence-electron chi connectivity index (χ0n) is 15.8. The molecule has 1 amide bonds. The van der Waals surface area contributed by atoms with Crippen LogP contribution >= 0.6 is 22.9 Å². The Morgan fingerprint density at radius 1 is 1.06 bits per heavy atom. The van der Waals surface area contributed by atoms with Crippen molar-refractivity contribution in [1.29, 1.82) is 0 Å². The van der Waals surface area contributed by atoms with Crippen molar-refractivity contribution >= 4 is 65.6 Å². The van der Waals surface area contributed by atoms with Gasteiger partial charge in [-0.1, -0.05) is 53.3 Å². The molecular formula is C21H15ClN4O3S2. The zero-order valence-corrected chi connectivity index (χ0v) is 18.2. The SMILES string of the molecule is NS(=O)(=O)c1ccc2c(c1)NC(=O)C(c1ccccc1)N2c1nc2ccc(Cl)cc2s1. The van der Waals surface area contributed by atoms with Gasteiger partial charge in [-0.15, -0.1) is 0 Å². The fraction of sp³-hybridized carbons (Fsp3) is 0.0476. The Morgan fingerprint density at radius 3 is 2.58 bits per heavy atom. The molecule has 31 heavy (non-hydrogen) atoms. The van der Waals surface area contributed by atoms with Crippen LogP contribution in [0.4, 0.5) is 16.5 Å². The Balaban J connectivity index is 1.74. The number of hydrogen-bond donors (Lipinski definition) is 2. The van der Waals surface area contributed by atoms with Crippen molar-refractivity contribution in [2.24, 2.45) is 5.14 Å².